The van der Waals surface area contributed by atoms with E-state index in [1.165, 1.54) is 148 Å². The molecule has 1 rings (SSSR count). The minimum absolute atomic E-state index is 0.0657. The van der Waals surface area contributed by atoms with Gasteiger partial charge in [-0.1, -0.05) is 231 Å². The Labute approximate surface area is 445 Å². The van der Waals surface area contributed by atoms with E-state index in [9.17, 15) is 34.5 Å². The van der Waals surface area contributed by atoms with Gasteiger partial charge in [-0.25, -0.2) is 4.79 Å². The van der Waals surface area contributed by atoms with Gasteiger partial charge in [0.1, 0.15) is 18.8 Å². The topological polar surface area (TPSA) is 175 Å². The first kappa shape index (κ1) is 68.2. The number of esters is 3. The summed E-state index contributed by atoms with van der Waals surface area (Å²) in [5.41, 5.74) is 0. The molecule has 0 aromatic carbocycles. The third-order valence-corrected chi connectivity index (χ3v) is 14.0. The monoisotopic (exact) mass is 1030 g/mol. The second-order valence-corrected chi connectivity index (χ2v) is 21.0. The van der Waals surface area contributed by atoms with E-state index in [2.05, 4.69) is 45.1 Å². The Bertz CT molecular complexity index is 1370. The smallest absolute Gasteiger partial charge is 0.335 e. The molecular formula is C61H110O12. The summed E-state index contributed by atoms with van der Waals surface area (Å²) in [6, 6.07) is 0. The first-order chi connectivity index (χ1) is 35.6. The molecule has 0 aromatic rings. The molecule has 0 amide bonds. The molecule has 1 fully saturated rings. The number of rotatable bonds is 52. The van der Waals surface area contributed by atoms with Gasteiger partial charge < -0.3 is 39.0 Å². The van der Waals surface area contributed by atoms with Crippen LogP contribution in [0.4, 0.5) is 0 Å². The standard InChI is InChI=1S/C61H110O12/c1-4-7-10-13-16-19-22-24-26-27-29-30-33-35-38-41-44-47-53(62)69-50-52(71-54(63)48-45-42-39-36-32-21-18-15-12-9-6-3)51-70-61-59(57(66)56(65)58(73-61)60(67)68)72-55(64)49-46-43-40-37-34-31-28-25-23-20-17-14-11-8-5-2/h15,18,24,26,52,56-59,61,65-66H,4-14,16-17,19-23,25,27-51H2,1-3H3,(H,67,68)/b18-15-,26-24-. The number of carboxylic acids is 1. The fourth-order valence-corrected chi connectivity index (χ4v) is 9.29. The molecule has 3 N–H and O–H groups in total. The molecule has 6 unspecified atom stereocenters. The van der Waals surface area contributed by atoms with Crippen LogP contribution in [-0.4, -0.2) is 89.2 Å². The third kappa shape index (κ3) is 40.2. The molecule has 0 radical (unpaired) electrons. The first-order valence-corrected chi connectivity index (χ1v) is 30.3. The van der Waals surface area contributed by atoms with Gasteiger partial charge in [0.25, 0.3) is 0 Å². The SMILES string of the molecule is CCCC/C=C\CCCCCCCC(=O)OC(COC(=O)CCCCCCCCC/C=C\CCCCCCCC)COC1OC(C(=O)O)C(O)C(O)C1OC(=O)CCCCCCCCCCCCCCCCC. The number of aliphatic hydroxyl groups excluding tert-OH is 2. The van der Waals surface area contributed by atoms with Crippen molar-refractivity contribution in [3.8, 4) is 0 Å². The van der Waals surface area contributed by atoms with Gasteiger partial charge in [0.05, 0.1) is 6.61 Å². The van der Waals surface area contributed by atoms with Crippen LogP contribution in [-0.2, 0) is 42.9 Å². The average Bonchev–Trinajstić information content (AvgIpc) is 3.37. The van der Waals surface area contributed by atoms with Crippen molar-refractivity contribution >= 4 is 23.9 Å². The predicted molar refractivity (Wildman–Crippen MR) is 294 cm³/mol. The maximum Gasteiger partial charge on any atom is 0.335 e. The molecule has 426 valence electrons. The largest absolute Gasteiger partial charge is 0.479 e. The predicted octanol–water partition coefficient (Wildman–Crippen LogP) is 15.5. The number of ether oxygens (including phenoxy) is 5. The van der Waals surface area contributed by atoms with Crippen molar-refractivity contribution in [1.29, 1.82) is 0 Å². The Kier molecular flexibility index (Phi) is 46.8. The molecule has 1 aliphatic heterocycles. The molecule has 0 saturated carbocycles. The minimum atomic E-state index is -1.90. The summed E-state index contributed by atoms with van der Waals surface area (Å²) in [4.78, 5) is 51.1. The Morgan fingerprint density at radius 1 is 0.438 bits per heavy atom. The summed E-state index contributed by atoms with van der Waals surface area (Å²) < 4.78 is 28.4. The summed E-state index contributed by atoms with van der Waals surface area (Å²) in [5, 5.41) is 31.5. The maximum atomic E-state index is 13.1. The van der Waals surface area contributed by atoms with Crippen molar-refractivity contribution < 1.29 is 58.2 Å². The number of aliphatic carboxylic acids is 1. The lowest BCUT2D eigenvalue weighted by Gasteiger charge is -2.40. The summed E-state index contributed by atoms with van der Waals surface area (Å²) >= 11 is 0. The Hall–Kier alpha value is -2.80. The number of unbranched alkanes of at least 4 members (excludes halogenated alkanes) is 34. The lowest BCUT2D eigenvalue weighted by Crippen LogP contribution is -2.61. The van der Waals surface area contributed by atoms with Gasteiger partial charge in [0, 0.05) is 19.3 Å². The van der Waals surface area contributed by atoms with Crippen LogP contribution in [0.3, 0.4) is 0 Å². The first-order valence-electron chi connectivity index (χ1n) is 30.3. The molecule has 12 heteroatoms. The zero-order chi connectivity index (χ0) is 53.3. The number of aliphatic hydroxyl groups is 2. The van der Waals surface area contributed by atoms with E-state index in [1.54, 1.807) is 0 Å². The van der Waals surface area contributed by atoms with Gasteiger partial charge in [-0.3, -0.25) is 14.4 Å². The van der Waals surface area contributed by atoms with E-state index in [0.29, 0.717) is 19.3 Å². The van der Waals surface area contributed by atoms with Crippen LogP contribution in [0, 0.1) is 0 Å². The summed E-state index contributed by atoms with van der Waals surface area (Å²) in [5.74, 6) is -3.11. The number of allylic oxidation sites excluding steroid dienone is 4. The quantitative estimate of drug-likeness (QED) is 0.0228. The zero-order valence-electron chi connectivity index (χ0n) is 46.9. The van der Waals surface area contributed by atoms with Crippen LogP contribution >= 0.6 is 0 Å². The van der Waals surface area contributed by atoms with Crippen molar-refractivity contribution in [2.24, 2.45) is 0 Å². The molecule has 73 heavy (non-hydrogen) atoms. The van der Waals surface area contributed by atoms with Gasteiger partial charge in [-0.15, -0.1) is 0 Å². The number of hydrogen-bond acceptors (Lipinski definition) is 11. The van der Waals surface area contributed by atoms with Crippen molar-refractivity contribution in [2.75, 3.05) is 13.2 Å². The van der Waals surface area contributed by atoms with Crippen LogP contribution in [0.15, 0.2) is 24.3 Å². The van der Waals surface area contributed by atoms with Gasteiger partial charge in [0.2, 0.25) is 0 Å². The van der Waals surface area contributed by atoms with Crippen LogP contribution in [0.5, 0.6) is 0 Å². The Morgan fingerprint density at radius 3 is 1.21 bits per heavy atom. The lowest BCUT2D eigenvalue weighted by molar-refractivity contribution is -0.301. The molecule has 6 atom stereocenters. The highest BCUT2D eigenvalue weighted by molar-refractivity contribution is 5.74. The highest BCUT2D eigenvalue weighted by atomic mass is 16.7. The second kappa shape index (κ2) is 50.0. The number of carboxylic acid groups (broad SMARTS) is 1. The normalized spacial score (nSPS) is 18.4. The van der Waals surface area contributed by atoms with Gasteiger partial charge in [-0.2, -0.15) is 0 Å². The van der Waals surface area contributed by atoms with Gasteiger partial charge in [0.15, 0.2) is 24.6 Å². The van der Waals surface area contributed by atoms with Crippen molar-refractivity contribution in [3.05, 3.63) is 24.3 Å². The molecule has 1 heterocycles. The van der Waals surface area contributed by atoms with E-state index in [-0.39, 0.29) is 25.9 Å². The van der Waals surface area contributed by atoms with Crippen LogP contribution in [0.2, 0.25) is 0 Å². The summed E-state index contributed by atoms with van der Waals surface area (Å²) in [6.45, 7) is 5.96. The lowest BCUT2D eigenvalue weighted by atomic mass is 9.98. The fourth-order valence-electron chi connectivity index (χ4n) is 9.29. The van der Waals surface area contributed by atoms with E-state index >= 15 is 0 Å². The van der Waals surface area contributed by atoms with Crippen LogP contribution < -0.4 is 0 Å². The number of carbonyl (C=O) groups excluding carboxylic acids is 3. The Morgan fingerprint density at radius 2 is 0.795 bits per heavy atom. The maximum absolute atomic E-state index is 13.1. The molecule has 0 spiro atoms. The molecule has 1 saturated heterocycles. The zero-order valence-corrected chi connectivity index (χ0v) is 46.9. The van der Waals surface area contributed by atoms with E-state index < -0.39 is 67.3 Å². The van der Waals surface area contributed by atoms with Crippen molar-refractivity contribution in [1.82, 2.24) is 0 Å². The highest BCUT2D eigenvalue weighted by Gasteiger charge is 2.50. The molecule has 0 bridgehead atoms. The molecule has 0 aromatic heterocycles. The minimum Gasteiger partial charge on any atom is -0.479 e. The average molecular weight is 1040 g/mol. The second-order valence-electron chi connectivity index (χ2n) is 21.0. The molecule has 12 nitrogen and oxygen atoms in total. The summed E-state index contributed by atoms with van der Waals surface area (Å²) in [7, 11) is 0. The number of carbonyl (C=O) groups is 4. The Balaban J connectivity index is 2.65. The van der Waals surface area contributed by atoms with Crippen molar-refractivity contribution in [2.45, 2.75) is 327 Å². The summed E-state index contributed by atoms with van der Waals surface area (Å²) in [6.07, 6.45) is 44.3. The van der Waals surface area contributed by atoms with E-state index in [4.69, 9.17) is 23.7 Å². The fraction of sp³-hybridized carbons (Fsp3) is 0.869. The number of hydrogen-bond donors (Lipinski definition) is 3. The molecule has 1 aliphatic rings. The van der Waals surface area contributed by atoms with E-state index in [1.807, 2.05) is 0 Å². The third-order valence-electron chi connectivity index (χ3n) is 14.0. The van der Waals surface area contributed by atoms with Crippen LogP contribution in [0.1, 0.15) is 290 Å². The van der Waals surface area contributed by atoms with Crippen molar-refractivity contribution in [3.63, 3.8) is 0 Å². The van der Waals surface area contributed by atoms with Crippen LogP contribution in [0.25, 0.3) is 0 Å². The van der Waals surface area contributed by atoms with Gasteiger partial charge >= 0.3 is 23.9 Å². The highest BCUT2D eigenvalue weighted by Crippen LogP contribution is 2.27. The molecule has 0 aliphatic carbocycles. The molecular weight excluding hydrogens is 925 g/mol. The van der Waals surface area contributed by atoms with Gasteiger partial charge in [-0.05, 0) is 64.2 Å². The van der Waals surface area contributed by atoms with E-state index in [0.717, 1.165) is 83.5 Å².